The maximum Gasteiger partial charge on any atom is 0.230 e. The van der Waals surface area contributed by atoms with E-state index in [1.807, 2.05) is 18.2 Å². The fourth-order valence-corrected chi connectivity index (χ4v) is 3.51. The van der Waals surface area contributed by atoms with Crippen LogP contribution in [-0.4, -0.2) is 37.2 Å². The molecule has 0 radical (unpaired) electrons. The Labute approximate surface area is 163 Å². The molecule has 2 N–H and O–H groups in total. The third-order valence-electron chi connectivity index (χ3n) is 4.79. The predicted molar refractivity (Wildman–Crippen MR) is 104 cm³/mol. The normalized spacial score (nSPS) is 15.6. The number of aromatic nitrogens is 1. The van der Waals surface area contributed by atoms with Gasteiger partial charge in [-0.1, -0.05) is 23.7 Å². The molecule has 0 saturated carbocycles. The standard InChI is InChI=1S/C20H21ClN4O2/c21-17-5-1-4-16(13-17)20(6-11-27-12-7-20)19(26)25-10-9-24-18-15(14-22)3-2-8-23-18/h1-5,8,13H,6-7,9-12H2,(H,23,24)(H,25,26). The van der Waals surface area contributed by atoms with E-state index in [1.165, 1.54) is 0 Å². The molecule has 0 bridgehead atoms. The van der Waals surface area contributed by atoms with E-state index in [1.54, 1.807) is 24.4 Å². The Hall–Kier alpha value is -2.62. The highest BCUT2D eigenvalue weighted by Crippen LogP contribution is 2.36. The van der Waals surface area contributed by atoms with E-state index in [0.29, 0.717) is 55.5 Å². The summed E-state index contributed by atoms with van der Waals surface area (Å²) in [5, 5.41) is 15.8. The fraction of sp³-hybridized carbons (Fsp3) is 0.350. The number of nitrogens with one attached hydrogen (secondary N) is 2. The molecule has 3 rings (SSSR count). The van der Waals surface area contributed by atoms with E-state index >= 15 is 0 Å². The number of hydrogen-bond acceptors (Lipinski definition) is 5. The number of anilines is 1. The third-order valence-corrected chi connectivity index (χ3v) is 5.02. The van der Waals surface area contributed by atoms with E-state index in [4.69, 9.17) is 21.6 Å². The fourth-order valence-electron chi connectivity index (χ4n) is 3.32. The van der Waals surface area contributed by atoms with E-state index in [2.05, 4.69) is 21.7 Å². The Balaban J connectivity index is 1.64. The van der Waals surface area contributed by atoms with Gasteiger partial charge in [-0.2, -0.15) is 5.26 Å². The molecule has 27 heavy (non-hydrogen) atoms. The van der Waals surface area contributed by atoms with Crippen LogP contribution in [-0.2, 0) is 14.9 Å². The number of pyridine rings is 1. The highest BCUT2D eigenvalue weighted by atomic mass is 35.5. The SMILES string of the molecule is N#Cc1cccnc1NCCNC(=O)C1(c2cccc(Cl)c2)CCOCC1. The van der Waals surface area contributed by atoms with Gasteiger partial charge in [0.2, 0.25) is 5.91 Å². The second-order valence-electron chi connectivity index (χ2n) is 6.40. The van der Waals surface area contributed by atoms with Crippen LogP contribution in [0.2, 0.25) is 5.02 Å². The summed E-state index contributed by atoms with van der Waals surface area (Å²) >= 11 is 6.15. The number of carbonyl (C=O) groups is 1. The van der Waals surface area contributed by atoms with Crippen LogP contribution < -0.4 is 10.6 Å². The first kappa shape index (κ1) is 19.2. The number of nitrogens with zero attached hydrogens (tertiary/aromatic N) is 2. The molecule has 0 spiro atoms. The molecule has 0 unspecified atom stereocenters. The molecule has 0 atom stereocenters. The maximum absolute atomic E-state index is 13.1. The lowest BCUT2D eigenvalue weighted by atomic mass is 9.73. The first-order valence-electron chi connectivity index (χ1n) is 8.87. The predicted octanol–water partition coefficient (Wildman–Crippen LogP) is 2.88. The number of carbonyl (C=O) groups excluding carboxylic acids is 1. The number of rotatable bonds is 6. The van der Waals surface area contributed by atoms with Crippen molar-refractivity contribution >= 4 is 23.3 Å². The third kappa shape index (κ3) is 4.38. The molecule has 1 amide bonds. The lowest BCUT2D eigenvalue weighted by Gasteiger charge is -2.36. The highest BCUT2D eigenvalue weighted by Gasteiger charge is 2.41. The first-order valence-corrected chi connectivity index (χ1v) is 9.24. The van der Waals surface area contributed by atoms with Gasteiger partial charge in [0.25, 0.3) is 0 Å². The highest BCUT2D eigenvalue weighted by molar-refractivity contribution is 6.30. The average molecular weight is 385 g/mol. The molecule has 1 aromatic carbocycles. The maximum atomic E-state index is 13.1. The summed E-state index contributed by atoms with van der Waals surface area (Å²) in [5.41, 5.74) is 0.760. The summed E-state index contributed by atoms with van der Waals surface area (Å²) in [6.45, 7) is 1.97. The molecule has 7 heteroatoms. The van der Waals surface area contributed by atoms with Gasteiger partial charge in [-0.05, 0) is 42.7 Å². The number of amides is 1. The van der Waals surface area contributed by atoms with Crippen LogP contribution in [0.15, 0.2) is 42.6 Å². The molecule has 1 aromatic heterocycles. The minimum atomic E-state index is -0.633. The van der Waals surface area contributed by atoms with Crippen molar-refractivity contribution in [3.8, 4) is 6.07 Å². The van der Waals surface area contributed by atoms with Crippen molar-refractivity contribution in [2.24, 2.45) is 0 Å². The summed E-state index contributed by atoms with van der Waals surface area (Å²) in [4.78, 5) is 17.2. The second-order valence-corrected chi connectivity index (χ2v) is 6.84. The van der Waals surface area contributed by atoms with Gasteiger partial charge in [0, 0.05) is 37.5 Å². The largest absolute Gasteiger partial charge is 0.381 e. The van der Waals surface area contributed by atoms with Gasteiger partial charge in [0.05, 0.1) is 11.0 Å². The lowest BCUT2D eigenvalue weighted by molar-refractivity contribution is -0.130. The zero-order valence-electron chi connectivity index (χ0n) is 14.9. The minimum Gasteiger partial charge on any atom is -0.381 e. The van der Waals surface area contributed by atoms with Crippen molar-refractivity contribution in [1.82, 2.24) is 10.3 Å². The van der Waals surface area contributed by atoms with Crippen LogP contribution in [0.25, 0.3) is 0 Å². The van der Waals surface area contributed by atoms with Gasteiger partial charge in [0.15, 0.2) is 0 Å². The number of ether oxygens (including phenoxy) is 1. The summed E-state index contributed by atoms with van der Waals surface area (Å²) in [5.74, 6) is 0.487. The Bertz CT molecular complexity index is 844. The summed E-state index contributed by atoms with van der Waals surface area (Å²) in [6, 6.07) is 13.0. The molecule has 1 saturated heterocycles. The quantitative estimate of drug-likeness (QED) is 0.748. The van der Waals surface area contributed by atoms with Gasteiger partial charge in [-0.15, -0.1) is 0 Å². The lowest BCUT2D eigenvalue weighted by Crippen LogP contribution is -2.49. The van der Waals surface area contributed by atoms with E-state index in [0.717, 1.165) is 5.56 Å². The Morgan fingerprint density at radius 1 is 1.26 bits per heavy atom. The molecule has 1 aliphatic heterocycles. The van der Waals surface area contributed by atoms with Crippen molar-refractivity contribution in [2.75, 3.05) is 31.6 Å². The van der Waals surface area contributed by atoms with E-state index in [9.17, 15) is 4.79 Å². The van der Waals surface area contributed by atoms with Crippen molar-refractivity contribution < 1.29 is 9.53 Å². The van der Waals surface area contributed by atoms with E-state index in [-0.39, 0.29) is 5.91 Å². The number of halogens is 1. The van der Waals surface area contributed by atoms with Crippen molar-refractivity contribution in [3.63, 3.8) is 0 Å². The Kier molecular flexibility index (Phi) is 6.28. The van der Waals surface area contributed by atoms with Crippen LogP contribution in [0.4, 0.5) is 5.82 Å². The molecule has 1 fully saturated rings. The van der Waals surface area contributed by atoms with Gasteiger partial charge >= 0.3 is 0 Å². The van der Waals surface area contributed by atoms with Crippen LogP contribution in [0.1, 0.15) is 24.0 Å². The number of benzene rings is 1. The van der Waals surface area contributed by atoms with Gasteiger partial charge in [-0.25, -0.2) is 4.98 Å². The van der Waals surface area contributed by atoms with Crippen LogP contribution >= 0.6 is 11.6 Å². The molecular weight excluding hydrogens is 364 g/mol. The summed E-state index contributed by atoms with van der Waals surface area (Å²) < 4.78 is 5.47. The van der Waals surface area contributed by atoms with E-state index < -0.39 is 5.41 Å². The molecular formula is C20H21ClN4O2. The smallest absolute Gasteiger partial charge is 0.230 e. The Morgan fingerprint density at radius 2 is 2.07 bits per heavy atom. The molecule has 6 nitrogen and oxygen atoms in total. The molecule has 2 aromatic rings. The van der Waals surface area contributed by atoms with Gasteiger partial charge < -0.3 is 15.4 Å². The second kappa shape index (κ2) is 8.85. The zero-order valence-corrected chi connectivity index (χ0v) is 15.6. The number of nitriles is 1. The summed E-state index contributed by atoms with van der Waals surface area (Å²) in [7, 11) is 0. The van der Waals surface area contributed by atoms with Crippen LogP contribution in [0, 0.1) is 11.3 Å². The minimum absolute atomic E-state index is 0.0311. The monoisotopic (exact) mass is 384 g/mol. The van der Waals surface area contributed by atoms with Gasteiger partial charge in [0.1, 0.15) is 11.9 Å². The van der Waals surface area contributed by atoms with Crippen molar-refractivity contribution in [2.45, 2.75) is 18.3 Å². The molecule has 1 aliphatic rings. The molecule has 140 valence electrons. The molecule has 0 aliphatic carbocycles. The van der Waals surface area contributed by atoms with Gasteiger partial charge in [-0.3, -0.25) is 4.79 Å². The summed E-state index contributed by atoms with van der Waals surface area (Å²) in [6.07, 6.45) is 2.86. The first-order chi connectivity index (χ1) is 13.2. The topological polar surface area (TPSA) is 87.0 Å². The Morgan fingerprint density at radius 3 is 2.81 bits per heavy atom. The van der Waals surface area contributed by atoms with Crippen molar-refractivity contribution in [1.29, 1.82) is 5.26 Å². The van der Waals surface area contributed by atoms with Crippen LogP contribution in [0.3, 0.4) is 0 Å². The zero-order chi connectivity index (χ0) is 19.1. The average Bonchev–Trinajstić information content (AvgIpc) is 2.71. The number of hydrogen-bond donors (Lipinski definition) is 2. The van der Waals surface area contributed by atoms with Crippen molar-refractivity contribution in [3.05, 3.63) is 58.7 Å². The molecule has 2 heterocycles. The van der Waals surface area contributed by atoms with Crippen LogP contribution in [0.5, 0.6) is 0 Å².